The molecule has 0 radical (unpaired) electrons. The smallest absolute Gasteiger partial charge is 0.264 e. The van der Waals surface area contributed by atoms with Crippen LogP contribution < -0.4 is 19.2 Å². The molecule has 0 aliphatic rings. The number of halogens is 1. The predicted molar refractivity (Wildman–Crippen MR) is 152 cm³/mol. The molecular weight excluding hydrogens is 538 g/mol. The van der Waals surface area contributed by atoms with E-state index in [-0.39, 0.29) is 15.6 Å². The quantitative estimate of drug-likeness (QED) is 0.198. The summed E-state index contributed by atoms with van der Waals surface area (Å²) in [5.74, 6) is 0.434. The minimum absolute atomic E-state index is 0.0304. The van der Waals surface area contributed by atoms with E-state index in [9.17, 15) is 13.2 Å². The number of hydrazone groups is 1. The van der Waals surface area contributed by atoms with Crippen LogP contribution in [0, 0.1) is 0 Å². The lowest BCUT2D eigenvalue weighted by Gasteiger charge is -2.24. The van der Waals surface area contributed by atoms with E-state index in [1.54, 1.807) is 42.5 Å². The Morgan fingerprint density at radius 3 is 2.26 bits per heavy atom. The van der Waals surface area contributed by atoms with E-state index in [4.69, 9.17) is 21.1 Å². The molecule has 0 unspecified atom stereocenters. The Kier molecular flexibility index (Phi) is 9.19. The number of nitrogens with one attached hydrogen (secondary N) is 1. The van der Waals surface area contributed by atoms with Crippen molar-refractivity contribution in [2.45, 2.75) is 11.5 Å². The van der Waals surface area contributed by atoms with Crippen molar-refractivity contribution < 1.29 is 22.7 Å². The molecule has 0 spiro atoms. The summed E-state index contributed by atoms with van der Waals surface area (Å²) in [7, 11) is -2.63. The summed E-state index contributed by atoms with van der Waals surface area (Å²) in [6.45, 7) is -0.0738. The number of anilines is 1. The second-order valence-electron chi connectivity index (χ2n) is 8.28. The molecule has 0 aromatic heterocycles. The molecule has 0 saturated heterocycles. The fourth-order valence-electron chi connectivity index (χ4n) is 3.58. The van der Waals surface area contributed by atoms with Gasteiger partial charge in [0.15, 0.2) is 0 Å². The van der Waals surface area contributed by atoms with Gasteiger partial charge in [-0.2, -0.15) is 5.10 Å². The van der Waals surface area contributed by atoms with Crippen LogP contribution in [0.1, 0.15) is 11.1 Å². The zero-order valence-corrected chi connectivity index (χ0v) is 22.6. The number of rotatable bonds is 11. The Bertz CT molecular complexity index is 1530. The second kappa shape index (κ2) is 12.9. The van der Waals surface area contributed by atoms with E-state index < -0.39 is 22.5 Å². The largest absolute Gasteiger partial charge is 0.495 e. The van der Waals surface area contributed by atoms with Crippen molar-refractivity contribution in [1.29, 1.82) is 0 Å². The molecular formula is C29H26ClN3O5S. The highest BCUT2D eigenvalue weighted by atomic mass is 35.5. The fraction of sp³-hybridized carbons (Fsp3) is 0.103. The van der Waals surface area contributed by atoms with Gasteiger partial charge in [0, 0.05) is 0 Å². The van der Waals surface area contributed by atoms with Crippen LogP contribution >= 0.6 is 11.6 Å². The highest BCUT2D eigenvalue weighted by molar-refractivity contribution is 7.92. The molecule has 4 aromatic carbocycles. The molecule has 0 atom stereocenters. The highest BCUT2D eigenvalue weighted by Crippen LogP contribution is 2.31. The monoisotopic (exact) mass is 563 g/mol. The van der Waals surface area contributed by atoms with Gasteiger partial charge in [-0.1, -0.05) is 60.1 Å². The number of hydrogen-bond acceptors (Lipinski definition) is 6. The lowest BCUT2D eigenvalue weighted by atomic mass is 10.2. The van der Waals surface area contributed by atoms with Gasteiger partial charge >= 0.3 is 0 Å². The van der Waals surface area contributed by atoms with E-state index in [1.807, 2.05) is 30.3 Å². The van der Waals surface area contributed by atoms with Crippen LogP contribution in [0.3, 0.4) is 0 Å². The minimum atomic E-state index is -4.09. The summed E-state index contributed by atoms with van der Waals surface area (Å²) in [6.07, 6.45) is 1.46. The highest BCUT2D eigenvalue weighted by Gasteiger charge is 2.27. The summed E-state index contributed by atoms with van der Waals surface area (Å²) in [5, 5.41) is 4.18. The Hall–Kier alpha value is -4.34. The maximum atomic E-state index is 13.4. The van der Waals surface area contributed by atoms with Crippen LogP contribution in [0.25, 0.3) is 0 Å². The first kappa shape index (κ1) is 27.7. The van der Waals surface area contributed by atoms with Crippen LogP contribution in [0.15, 0.2) is 113 Å². The predicted octanol–water partition coefficient (Wildman–Crippen LogP) is 5.27. The van der Waals surface area contributed by atoms with Crippen molar-refractivity contribution in [3.8, 4) is 11.5 Å². The number of sulfonamides is 1. The standard InChI is InChI=1S/C29H26ClN3O5S/c1-37-28-17-14-24(18-27(28)30)33(39(35,36)26-10-6-3-7-11-26)20-29(34)32-31-19-22-12-15-25(16-13-22)38-21-23-8-4-2-5-9-23/h2-19H,20-21H2,1H3,(H,32,34)/b31-19+. The average molecular weight is 564 g/mol. The first-order valence-electron chi connectivity index (χ1n) is 11.9. The number of benzene rings is 4. The van der Waals surface area contributed by atoms with Crippen LogP contribution in [-0.4, -0.2) is 34.2 Å². The summed E-state index contributed by atoms with van der Waals surface area (Å²) in [5.41, 5.74) is 4.37. The number of hydrogen-bond donors (Lipinski definition) is 1. The first-order chi connectivity index (χ1) is 18.9. The van der Waals surface area contributed by atoms with E-state index in [2.05, 4.69) is 10.5 Å². The molecule has 0 aliphatic carbocycles. The lowest BCUT2D eigenvalue weighted by molar-refractivity contribution is -0.119. The molecule has 1 amide bonds. The van der Waals surface area contributed by atoms with Gasteiger partial charge in [0.2, 0.25) is 0 Å². The molecule has 0 bridgehead atoms. The summed E-state index contributed by atoms with van der Waals surface area (Å²) in [6, 6.07) is 29.3. The van der Waals surface area contributed by atoms with Gasteiger partial charge in [-0.15, -0.1) is 0 Å². The molecule has 0 fully saturated rings. The third-order valence-electron chi connectivity index (χ3n) is 5.57. The molecule has 4 aromatic rings. The van der Waals surface area contributed by atoms with Crippen molar-refractivity contribution in [3.63, 3.8) is 0 Å². The number of carbonyl (C=O) groups is 1. The lowest BCUT2D eigenvalue weighted by Crippen LogP contribution is -2.39. The Labute approximate surface area is 232 Å². The second-order valence-corrected chi connectivity index (χ2v) is 10.5. The van der Waals surface area contributed by atoms with Crippen LogP contribution in [0.2, 0.25) is 5.02 Å². The van der Waals surface area contributed by atoms with E-state index in [0.29, 0.717) is 18.1 Å². The van der Waals surface area contributed by atoms with Crippen molar-refractivity contribution in [2.24, 2.45) is 5.10 Å². The maximum absolute atomic E-state index is 13.4. The van der Waals surface area contributed by atoms with E-state index in [1.165, 1.54) is 43.7 Å². The van der Waals surface area contributed by atoms with Crippen molar-refractivity contribution >= 4 is 39.4 Å². The average Bonchev–Trinajstić information content (AvgIpc) is 2.96. The maximum Gasteiger partial charge on any atom is 0.264 e. The number of carbonyl (C=O) groups excluding carboxylic acids is 1. The third-order valence-corrected chi connectivity index (χ3v) is 7.66. The molecule has 10 heteroatoms. The Morgan fingerprint density at radius 1 is 0.949 bits per heavy atom. The van der Waals surface area contributed by atoms with Gasteiger partial charge in [0.1, 0.15) is 24.7 Å². The summed E-state index contributed by atoms with van der Waals surface area (Å²) < 4.78 is 38.8. The van der Waals surface area contributed by atoms with Crippen LogP contribution in [0.4, 0.5) is 5.69 Å². The van der Waals surface area contributed by atoms with Gasteiger partial charge in [0.05, 0.1) is 28.9 Å². The van der Waals surface area contributed by atoms with Gasteiger partial charge < -0.3 is 9.47 Å². The van der Waals surface area contributed by atoms with Crippen molar-refractivity contribution in [1.82, 2.24) is 5.43 Å². The summed E-state index contributed by atoms with van der Waals surface area (Å²) in [4.78, 5) is 12.8. The molecule has 200 valence electrons. The summed E-state index contributed by atoms with van der Waals surface area (Å²) >= 11 is 6.24. The molecule has 0 heterocycles. The van der Waals surface area contributed by atoms with Gasteiger partial charge in [-0.3, -0.25) is 9.10 Å². The Balaban J connectivity index is 1.43. The zero-order chi connectivity index (χ0) is 27.7. The van der Waals surface area contributed by atoms with E-state index >= 15 is 0 Å². The first-order valence-corrected chi connectivity index (χ1v) is 13.7. The minimum Gasteiger partial charge on any atom is -0.495 e. The normalized spacial score (nSPS) is 11.2. The van der Waals surface area contributed by atoms with Crippen molar-refractivity contribution in [3.05, 3.63) is 119 Å². The third kappa shape index (κ3) is 7.37. The number of nitrogens with zero attached hydrogens (tertiary/aromatic N) is 2. The molecule has 0 saturated carbocycles. The van der Waals surface area contributed by atoms with Crippen LogP contribution in [-0.2, 0) is 21.4 Å². The number of ether oxygens (including phenoxy) is 2. The van der Waals surface area contributed by atoms with Gasteiger partial charge in [-0.05, 0) is 65.7 Å². The van der Waals surface area contributed by atoms with E-state index in [0.717, 1.165) is 15.4 Å². The number of methoxy groups -OCH3 is 1. The molecule has 0 aliphatic heterocycles. The van der Waals surface area contributed by atoms with Gasteiger partial charge in [0.25, 0.3) is 15.9 Å². The van der Waals surface area contributed by atoms with Crippen LogP contribution in [0.5, 0.6) is 11.5 Å². The molecule has 8 nitrogen and oxygen atoms in total. The van der Waals surface area contributed by atoms with Gasteiger partial charge in [-0.25, -0.2) is 13.8 Å². The SMILES string of the molecule is COc1ccc(N(CC(=O)N/N=C/c2ccc(OCc3ccccc3)cc2)S(=O)(=O)c2ccccc2)cc1Cl. The Morgan fingerprint density at radius 2 is 1.62 bits per heavy atom. The topological polar surface area (TPSA) is 97.3 Å². The zero-order valence-electron chi connectivity index (χ0n) is 21.0. The molecule has 39 heavy (non-hydrogen) atoms. The molecule has 1 N–H and O–H groups in total. The number of amides is 1. The fourth-order valence-corrected chi connectivity index (χ4v) is 5.27. The van der Waals surface area contributed by atoms with Crippen molar-refractivity contribution in [2.75, 3.05) is 18.0 Å². The molecule has 4 rings (SSSR count).